The summed E-state index contributed by atoms with van der Waals surface area (Å²) in [7, 11) is 1.44. The Morgan fingerprint density at radius 3 is 2.81 bits per heavy atom. The molecule has 0 aliphatic rings. The van der Waals surface area contributed by atoms with Gasteiger partial charge >= 0.3 is 5.69 Å². The first-order chi connectivity index (χ1) is 9.93. The summed E-state index contributed by atoms with van der Waals surface area (Å²) in [6, 6.07) is 3.02. The van der Waals surface area contributed by atoms with Crippen molar-refractivity contribution in [3.63, 3.8) is 0 Å². The van der Waals surface area contributed by atoms with Gasteiger partial charge in [0.15, 0.2) is 0 Å². The van der Waals surface area contributed by atoms with Crippen LogP contribution < -0.4 is 0 Å². The van der Waals surface area contributed by atoms with Gasteiger partial charge in [-0.3, -0.25) is 10.1 Å². The third-order valence-corrected chi connectivity index (χ3v) is 2.81. The van der Waals surface area contributed by atoms with Gasteiger partial charge in [-0.05, 0) is 12.1 Å². The molecule has 0 spiro atoms. The molecule has 0 amide bonds. The zero-order valence-corrected chi connectivity index (χ0v) is 11.5. The van der Waals surface area contributed by atoms with Crippen LogP contribution in [0.3, 0.4) is 0 Å². The van der Waals surface area contributed by atoms with Crippen LogP contribution >= 0.6 is 12.2 Å². The van der Waals surface area contributed by atoms with Crippen LogP contribution in [0.4, 0.5) is 14.5 Å². The maximum atomic E-state index is 14.1. The minimum atomic E-state index is -1.31. The summed E-state index contributed by atoms with van der Waals surface area (Å²) in [5.74, 6) is -2.52. The number of benzene rings is 1. The zero-order chi connectivity index (χ0) is 15.6. The molecule has 1 aromatic carbocycles. The number of nitro benzene ring substituents is 1. The lowest BCUT2D eigenvalue weighted by atomic mass is 10.1. The lowest BCUT2D eigenvalue weighted by Gasteiger charge is -2.07. The normalized spacial score (nSPS) is 10.6. The molecule has 1 heterocycles. The number of nitrogens with zero attached hydrogens (tertiary/aromatic N) is 2. The Balaban J connectivity index is 2.69. The van der Waals surface area contributed by atoms with Gasteiger partial charge in [-0.1, -0.05) is 12.2 Å². The van der Waals surface area contributed by atoms with Crippen LogP contribution in [0.25, 0.3) is 11.4 Å². The molecule has 0 saturated heterocycles. The van der Waals surface area contributed by atoms with Crippen molar-refractivity contribution in [2.24, 2.45) is 0 Å². The summed E-state index contributed by atoms with van der Waals surface area (Å²) in [5, 5.41) is 10.7. The molecule has 1 aromatic heterocycles. The van der Waals surface area contributed by atoms with E-state index in [1.165, 1.54) is 13.2 Å². The third kappa shape index (κ3) is 3.09. The molecule has 0 saturated carbocycles. The third-order valence-electron chi connectivity index (χ3n) is 2.60. The Morgan fingerprint density at radius 1 is 1.48 bits per heavy atom. The maximum absolute atomic E-state index is 14.1. The molecule has 21 heavy (non-hydrogen) atoms. The van der Waals surface area contributed by atoms with E-state index in [0.717, 1.165) is 12.1 Å². The smallest absolute Gasteiger partial charge is 0.305 e. The van der Waals surface area contributed by atoms with Crippen molar-refractivity contribution in [1.82, 2.24) is 9.97 Å². The highest BCUT2D eigenvalue weighted by Crippen LogP contribution is 2.29. The van der Waals surface area contributed by atoms with E-state index in [0.29, 0.717) is 5.69 Å². The van der Waals surface area contributed by atoms with Crippen LogP contribution in [0.1, 0.15) is 5.69 Å². The Labute approximate surface area is 122 Å². The van der Waals surface area contributed by atoms with E-state index >= 15 is 0 Å². The first-order valence-electron chi connectivity index (χ1n) is 5.66. The number of aromatic nitrogens is 2. The van der Waals surface area contributed by atoms with Gasteiger partial charge in [-0.2, -0.15) is 4.39 Å². The topological polar surface area (TPSA) is 81.1 Å². The molecule has 2 aromatic rings. The van der Waals surface area contributed by atoms with E-state index in [4.69, 9.17) is 17.0 Å². The molecule has 6 nitrogen and oxygen atoms in total. The second-order valence-electron chi connectivity index (χ2n) is 4.04. The molecular formula is C12H9F2N3O3S. The van der Waals surface area contributed by atoms with Crippen LogP contribution in [0.15, 0.2) is 18.2 Å². The fraction of sp³-hybridized carbons (Fsp3) is 0.167. The van der Waals surface area contributed by atoms with Gasteiger partial charge in [0.25, 0.3) is 0 Å². The second-order valence-corrected chi connectivity index (χ2v) is 4.46. The Kier molecular flexibility index (Phi) is 4.34. The van der Waals surface area contributed by atoms with Gasteiger partial charge in [0.2, 0.25) is 5.82 Å². The van der Waals surface area contributed by atoms with Crippen molar-refractivity contribution in [2.75, 3.05) is 7.11 Å². The Morgan fingerprint density at radius 2 is 2.19 bits per heavy atom. The largest absolute Gasteiger partial charge is 0.378 e. The summed E-state index contributed by atoms with van der Waals surface area (Å²) in [4.78, 5) is 16.2. The molecule has 9 heteroatoms. The van der Waals surface area contributed by atoms with Crippen LogP contribution in [-0.2, 0) is 11.3 Å². The van der Waals surface area contributed by atoms with Gasteiger partial charge in [-0.15, -0.1) is 0 Å². The average Bonchev–Trinajstić information content (AvgIpc) is 2.38. The number of methoxy groups -OCH3 is 1. The van der Waals surface area contributed by atoms with Crippen LogP contribution in [0.2, 0.25) is 0 Å². The molecule has 0 atom stereocenters. The minimum Gasteiger partial charge on any atom is -0.378 e. The van der Waals surface area contributed by atoms with E-state index in [-0.39, 0.29) is 17.1 Å². The quantitative estimate of drug-likeness (QED) is 0.533. The molecule has 2 rings (SSSR count). The van der Waals surface area contributed by atoms with Gasteiger partial charge in [-0.25, -0.2) is 9.37 Å². The van der Waals surface area contributed by atoms with Crippen molar-refractivity contribution in [1.29, 1.82) is 0 Å². The fourth-order valence-electron chi connectivity index (χ4n) is 1.76. The van der Waals surface area contributed by atoms with Gasteiger partial charge in [0, 0.05) is 18.9 Å². The fourth-order valence-corrected chi connectivity index (χ4v) is 1.99. The highest BCUT2D eigenvalue weighted by Gasteiger charge is 2.24. The molecule has 0 aliphatic carbocycles. The number of nitro groups is 1. The number of H-pyrrole nitrogens is 1. The standard InChI is InChI=1S/C12H9F2N3O3S/c1-20-5-6-4-9(21)16-12(15-6)10-7(13)2-3-8(11(10)14)17(18)19/h2-4H,5H2,1H3,(H,15,16,21). The number of aromatic amines is 1. The predicted molar refractivity (Wildman–Crippen MR) is 72.1 cm³/mol. The number of hydrogen-bond donors (Lipinski definition) is 1. The van der Waals surface area contributed by atoms with E-state index in [9.17, 15) is 18.9 Å². The average molecular weight is 313 g/mol. The minimum absolute atomic E-state index is 0.0844. The SMILES string of the molecule is COCc1cc(=S)nc(-c2c(F)ccc([N+](=O)[O-])c2F)[nH]1. The monoisotopic (exact) mass is 313 g/mol. The van der Waals surface area contributed by atoms with E-state index < -0.39 is 27.8 Å². The van der Waals surface area contributed by atoms with Gasteiger partial charge < -0.3 is 9.72 Å². The van der Waals surface area contributed by atoms with E-state index in [1.807, 2.05) is 0 Å². The van der Waals surface area contributed by atoms with Gasteiger partial charge in [0.05, 0.1) is 17.1 Å². The van der Waals surface area contributed by atoms with Crippen LogP contribution in [0, 0.1) is 26.4 Å². The highest BCUT2D eigenvalue weighted by molar-refractivity contribution is 7.71. The first kappa shape index (κ1) is 15.1. The summed E-state index contributed by atoms with van der Waals surface area (Å²) in [6.07, 6.45) is 0. The van der Waals surface area contributed by atoms with Crippen molar-refractivity contribution in [2.45, 2.75) is 6.61 Å². The molecule has 0 bridgehead atoms. The number of halogens is 2. The number of nitrogens with one attached hydrogen (secondary N) is 1. The second kappa shape index (κ2) is 6.02. The van der Waals surface area contributed by atoms with E-state index in [2.05, 4.69) is 9.97 Å². The Bertz CT molecular complexity index is 764. The highest BCUT2D eigenvalue weighted by atomic mass is 32.1. The van der Waals surface area contributed by atoms with Crippen molar-refractivity contribution >= 4 is 17.9 Å². The number of hydrogen-bond acceptors (Lipinski definition) is 5. The molecule has 110 valence electrons. The Hall–Kier alpha value is -2.26. The first-order valence-corrected chi connectivity index (χ1v) is 6.06. The van der Waals surface area contributed by atoms with Crippen molar-refractivity contribution in [3.05, 3.63) is 50.3 Å². The van der Waals surface area contributed by atoms with E-state index in [1.54, 1.807) is 0 Å². The number of rotatable bonds is 4. The lowest BCUT2D eigenvalue weighted by molar-refractivity contribution is -0.387. The molecule has 0 fully saturated rings. The summed E-state index contributed by atoms with van der Waals surface area (Å²) in [6.45, 7) is 0.122. The predicted octanol–water partition coefficient (Wildman–Crippen LogP) is 3.14. The lowest BCUT2D eigenvalue weighted by Crippen LogP contribution is -2.03. The van der Waals surface area contributed by atoms with Crippen molar-refractivity contribution < 1.29 is 18.4 Å². The van der Waals surface area contributed by atoms with Crippen LogP contribution in [0.5, 0.6) is 0 Å². The number of ether oxygens (including phenoxy) is 1. The summed E-state index contributed by atoms with van der Waals surface area (Å²) in [5.41, 5.74) is -1.03. The molecule has 0 aliphatic heterocycles. The maximum Gasteiger partial charge on any atom is 0.305 e. The molecule has 0 unspecified atom stereocenters. The summed E-state index contributed by atoms with van der Waals surface area (Å²) >= 11 is 4.91. The van der Waals surface area contributed by atoms with Crippen LogP contribution in [-0.4, -0.2) is 22.0 Å². The molecular weight excluding hydrogens is 304 g/mol. The van der Waals surface area contributed by atoms with Gasteiger partial charge in [0.1, 0.15) is 16.3 Å². The summed E-state index contributed by atoms with van der Waals surface area (Å²) < 4.78 is 32.9. The molecule has 0 radical (unpaired) electrons. The molecule has 1 N–H and O–H groups in total. The zero-order valence-electron chi connectivity index (χ0n) is 10.7. The van der Waals surface area contributed by atoms with Crippen molar-refractivity contribution in [3.8, 4) is 11.4 Å².